The molecule has 0 saturated carbocycles. The van der Waals surface area contributed by atoms with E-state index in [2.05, 4.69) is 24.5 Å². The fourth-order valence-electron chi connectivity index (χ4n) is 2.41. The molecule has 2 unspecified atom stereocenters. The van der Waals surface area contributed by atoms with E-state index in [0.29, 0.717) is 5.76 Å². The molecule has 2 aromatic rings. The molecule has 0 fully saturated rings. The Hall–Kier alpha value is -2.27. The van der Waals surface area contributed by atoms with Crippen LogP contribution in [-0.2, 0) is 5.60 Å². The lowest BCUT2D eigenvalue weighted by atomic mass is 9.96. The van der Waals surface area contributed by atoms with Crippen LogP contribution >= 0.6 is 0 Å². The Morgan fingerprint density at radius 3 is 2.48 bits per heavy atom. The Morgan fingerprint density at radius 2 is 1.91 bits per heavy atom. The molecule has 0 aliphatic rings. The minimum atomic E-state index is -1.25. The summed E-state index contributed by atoms with van der Waals surface area (Å²) in [4.78, 5) is 12.2. The number of urea groups is 1. The second kappa shape index (κ2) is 7.33. The molecule has 23 heavy (non-hydrogen) atoms. The normalized spacial score (nSPS) is 15.0. The van der Waals surface area contributed by atoms with Gasteiger partial charge >= 0.3 is 6.03 Å². The third kappa shape index (κ3) is 4.60. The topological polar surface area (TPSA) is 74.5 Å². The van der Waals surface area contributed by atoms with Crippen LogP contribution in [0.3, 0.4) is 0 Å². The summed E-state index contributed by atoms with van der Waals surface area (Å²) in [5, 5.41) is 16.0. The van der Waals surface area contributed by atoms with Crippen molar-refractivity contribution >= 4 is 6.03 Å². The van der Waals surface area contributed by atoms with E-state index in [-0.39, 0.29) is 24.5 Å². The van der Waals surface area contributed by atoms with Gasteiger partial charge in [0.15, 0.2) is 0 Å². The molecule has 124 valence electrons. The number of hydrogen-bond acceptors (Lipinski definition) is 3. The number of rotatable bonds is 6. The molecule has 2 amide bonds. The van der Waals surface area contributed by atoms with Gasteiger partial charge in [0.2, 0.25) is 0 Å². The molecule has 2 atom stereocenters. The first-order valence-electron chi connectivity index (χ1n) is 7.76. The summed E-state index contributed by atoms with van der Waals surface area (Å²) in [6.45, 7) is 5.77. The largest absolute Gasteiger partial charge is 0.466 e. The number of carbonyl (C=O) groups excluding carboxylic acids is 1. The maximum atomic E-state index is 12.2. The van der Waals surface area contributed by atoms with Crippen molar-refractivity contribution in [1.82, 2.24) is 10.6 Å². The van der Waals surface area contributed by atoms with Crippen LogP contribution in [0.4, 0.5) is 4.79 Å². The van der Waals surface area contributed by atoms with Crippen LogP contribution in [-0.4, -0.2) is 17.7 Å². The summed E-state index contributed by atoms with van der Waals surface area (Å²) >= 11 is 0. The Bertz CT molecular complexity index is 606. The van der Waals surface area contributed by atoms with Gasteiger partial charge in [-0.15, -0.1) is 0 Å². The van der Waals surface area contributed by atoms with Crippen LogP contribution in [0.2, 0.25) is 0 Å². The third-order valence-corrected chi connectivity index (χ3v) is 3.76. The van der Waals surface area contributed by atoms with Gasteiger partial charge in [-0.3, -0.25) is 0 Å². The van der Waals surface area contributed by atoms with Crippen LogP contribution in [0, 0.1) is 5.92 Å². The maximum Gasteiger partial charge on any atom is 0.315 e. The van der Waals surface area contributed by atoms with Crippen LogP contribution in [0.15, 0.2) is 53.1 Å². The van der Waals surface area contributed by atoms with Gasteiger partial charge in [-0.1, -0.05) is 44.2 Å². The molecule has 1 aromatic heterocycles. The van der Waals surface area contributed by atoms with Crippen molar-refractivity contribution in [1.29, 1.82) is 0 Å². The molecule has 0 saturated heterocycles. The zero-order chi connectivity index (χ0) is 16.9. The molecular formula is C18H24N2O3. The lowest BCUT2D eigenvalue weighted by molar-refractivity contribution is 0.0366. The number of carbonyl (C=O) groups is 1. The van der Waals surface area contributed by atoms with Gasteiger partial charge in [0.25, 0.3) is 0 Å². The fraction of sp³-hybridized carbons (Fsp3) is 0.389. The highest BCUT2D eigenvalue weighted by Gasteiger charge is 2.27. The number of aliphatic hydroxyl groups is 1. The van der Waals surface area contributed by atoms with Crippen molar-refractivity contribution in [3.05, 3.63) is 60.1 Å². The summed E-state index contributed by atoms with van der Waals surface area (Å²) in [5.74, 6) is 0.662. The monoisotopic (exact) mass is 316 g/mol. The van der Waals surface area contributed by atoms with Gasteiger partial charge in [0.05, 0.1) is 18.8 Å². The fourth-order valence-corrected chi connectivity index (χ4v) is 2.41. The summed E-state index contributed by atoms with van der Waals surface area (Å²) < 4.78 is 5.20. The molecule has 0 spiro atoms. The van der Waals surface area contributed by atoms with E-state index < -0.39 is 5.60 Å². The zero-order valence-corrected chi connectivity index (χ0v) is 13.7. The quantitative estimate of drug-likeness (QED) is 0.766. The SMILES string of the molecule is CC(C)C(NC(=O)NCC(C)(O)c1ccco1)c1ccccc1. The van der Waals surface area contributed by atoms with E-state index in [4.69, 9.17) is 4.42 Å². The Kier molecular flexibility index (Phi) is 5.45. The van der Waals surface area contributed by atoms with E-state index in [0.717, 1.165) is 5.56 Å². The molecule has 0 aliphatic carbocycles. The van der Waals surface area contributed by atoms with E-state index in [1.165, 1.54) is 6.26 Å². The second-order valence-corrected chi connectivity index (χ2v) is 6.21. The van der Waals surface area contributed by atoms with Crippen LogP contribution in [0.5, 0.6) is 0 Å². The average molecular weight is 316 g/mol. The summed E-state index contributed by atoms with van der Waals surface area (Å²) in [5.41, 5.74) is -0.198. The first-order chi connectivity index (χ1) is 10.9. The molecule has 1 aromatic carbocycles. The van der Waals surface area contributed by atoms with E-state index in [9.17, 15) is 9.90 Å². The highest BCUT2D eigenvalue weighted by atomic mass is 16.4. The van der Waals surface area contributed by atoms with Gasteiger partial charge in [-0.2, -0.15) is 0 Å². The minimum absolute atomic E-state index is 0.0615. The molecule has 0 radical (unpaired) electrons. The van der Waals surface area contributed by atoms with Crippen molar-refractivity contribution in [2.75, 3.05) is 6.54 Å². The lowest BCUT2D eigenvalue weighted by Crippen LogP contribution is -2.45. The summed E-state index contributed by atoms with van der Waals surface area (Å²) in [7, 11) is 0. The molecule has 0 aliphatic heterocycles. The van der Waals surface area contributed by atoms with Crippen molar-refractivity contribution < 1.29 is 14.3 Å². The summed E-state index contributed by atoms with van der Waals surface area (Å²) in [6, 6.07) is 12.8. The molecule has 1 heterocycles. The van der Waals surface area contributed by atoms with Crippen LogP contribution < -0.4 is 10.6 Å². The molecular weight excluding hydrogens is 292 g/mol. The van der Waals surface area contributed by atoms with E-state index in [1.807, 2.05) is 30.3 Å². The number of nitrogens with one attached hydrogen (secondary N) is 2. The predicted molar refractivity (Wildman–Crippen MR) is 88.8 cm³/mol. The average Bonchev–Trinajstić information content (AvgIpc) is 3.06. The van der Waals surface area contributed by atoms with Crippen molar-refractivity contribution in [3.8, 4) is 0 Å². The van der Waals surface area contributed by atoms with Gasteiger partial charge in [-0.05, 0) is 30.5 Å². The molecule has 5 heteroatoms. The smallest absolute Gasteiger partial charge is 0.315 e. The van der Waals surface area contributed by atoms with Gasteiger partial charge < -0.3 is 20.2 Å². The van der Waals surface area contributed by atoms with Crippen LogP contribution in [0.25, 0.3) is 0 Å². The number of benzene rings is 1. The first kappa shape index (κ1) is 17.1. The van der Waals surface area contributed by atoms with Crippen LogP contribution in [0.1, 0.15) is 38.1 Å². The standard InChI is InChI=1S/C18H24N2O3/c1-13(2)16(14-8-5-4-6-9-14)20-17(21)19-12-18(3,22)15-10-7-11-23-15/h4-11,13,16,22H,12H2,1-3H3,(H2,19,20,21). The zero-order valence-electron chi connectivity index (χ0n) is 13.7. The minimum Gasteiger partial charge on any atom is -0.466 e. The highest BCUT2D eigenvalue weighted by Crippen LogP contribution is 2.22. The Morgan fingerprint density at radius 1 is 1.22 bits per heavy atom. The Balaban J connectivity index is 1.95. The molecule has 3 N–H and O–H groups in total. The first-order valence-corrected chi connectivity index (χ1v) is 7.76. The van der Waals surface area contributed by atoms with E-state index in [1.54, 1.807) is 19.1 Å². The molecule has 5 nitrogen and oxygen atoms in total. The summed E-state index contributed by atoms with van der Waals surface area (Å²) in [6.07, 6.45) is 1.49. The molecule has 2 rings (SSSR count). The number of hydrogen-bond donors (Lipinski definition) is 3. The Labute approximate surface area is 136 Å². The van der Waals surface area contributed by atoms with Gasteiger partial charge in [0, 0.05) is 0 Å². The highest BCUT2D eigenvalue weighted by molar-refractivity contribution is 5.74. The predicted octanol–water partition coefficient (Wildman–Crippen LogP) is 3.18. The van der Waals surface area contributed by atoms with Gasteiger partial charge in [0.1, 0.15) is 11.4 Å². The third-order valence-electron chi connectivity index (χ3n) is 3.76. The van der Waals surface area contributed by atoms with Crippen molar-refractivity contribution in [3.63, 3.8) is 0 Å². The lowest BCUT2D eigenvalue weighted by Gasteiger charge is -2.25. The second-order valence-electron chi connectivity index (χ2n) is 6.21. The van der Waals surface area contributed by atoms with E-state index >= 15 is 0 Å². The van der Waals surface area contributed by atoms with Crippen molar-refractivity contribution in [2.24, 2.45) is 5.92 Å². The number of furan rings is 1. The van der Waals surface area contributed by atoms with Crippen molar-refractivity contribution in [2.45, 2.75) is 32.4 Å². The van der Waals surface area contributed by atoms with Gasteiger partial charge in [-0.25, -0.2) is 4.79 Å². The number of amides is 2. The maximum absolute atomic E-state index is 12.2. The molecule has 0 bridgehead atoms.